The minimum atomic E-state index is -0.530. The molecule has 3 aromatic rings. The molecule has 0 bridgehead atoms. The molecule has 2 heterocycles. The second-order valence-corrected chi connectivity index (χ2v) is 10.2. The number of fused-ring (bicyclic) bond motifs is 1. The number of nitrogens with zero attached hydrogens (tertiary/aromatic N) is 3. The second-order valence-electron chi connectivity index (χ2n) is 10.2. The Morgan fingerprint density at radius 3 is 2.37 bits per heavy atom. The molecular formula is C29H34FN3O2. The lowest BCUT2D eigenvalue weighted by molar-refractivity contribution is -0.134. The fourth-order valence-corrected chi connectivity index (χ4v) is 4.75. The molecule has 2 aromatic carbocycles. The highest BCUT2D eigenvalue weighted by atomic mass is 19.1. The average Bonchev–Trinajstić information content (AvgIpc) is 3.32. The zero-order valence-corrected chi connectivity index (χ0v) is 21.0. The quantitative estimate of drug-likeness (QED) is 0.479. The number of benzene rings is 2. The molecule has 1 aliphatic heterocycles. The van der Waals surface area contributed by atoms with Crippen molar-refractivity contribution < 1.29 is 14.0 Å². The zero-order chi connectivity index (χ0) is 25.2. The van der Waals surface area contributed by atoms with Crippen molar-refractivity contribution in [3.8, 4) is 0 Å². The minimum absolute atomic E-state index is 0.00566. The summed E-state index contributed by atoms with van der Waals surface area (Å²) in [6.45, 7) is 9.90. The maximum atomic E-state index is 14.8. The van der Waals surface area contributed by atoms with Crippen molar-refractivity contribution in [1.82, 2.24) is 14.4 Å². The first kappa shape index (κ1) is 24.7. The van der Waals surface area contributed by atoms with Gasteiger partial charge in [-0.25, -0.2) is 4.39 Å². The van der Waals surface area contributed by atoms with E-state index in [0.717, 1.165) is 17.7 Å². The molecule has 35 heavy (non-hydrogen) atoms. The van der Waals surface area contributed by atoms with Crippen LogP contribution in [0.5, 0.6) is 0 Å². The van der Waals surface area contributed by atoms with Crippen molar-refractivity contribution >= 4 is 11.8 Å². The molecule has 1 atom stereocenters. The minimum Gasteiger partial charge on any atom is -0.348 e. The molecule has 0 radical (unpaired) electrons. The summed E-state index contributed by atoms with van der Waals surface area (Å²) in [5, 5.41) is 0. The number of amides is 2. The molecular weight excluding hydrogens is 441 g/mol. The third kappa shape index (κ3) is 5.16. The first-order valence-electron chi connectivity index (χ1n) is 12.3. The van der Waals surface area contributed by atoms with Gasteiger partial charge in [-0.3, -0.25) is 9.59 Å². The molecule has 1 aromatic heterocycles. The molecule has 1 aliphatic rings. The van der Waals surface area contributed by atoms with E-state index in [1.165, 1.54) is 6.07 Å². The Bertz CT molecular complexity index is 1190. The van der Waals surface area contributed by atoms with Crippen molar-refractivity contribution in [3.05, 3.63) is 95.1 Å². The molecule has 0 aliphatic carbocycles. The molecule has 5 nitrogen and oxygen atoms in total. The summed E-state index contributed by atoms with van der Waals surface area (Å²) in [6.07, 6.45) is 2.69. The largest absolute Gasteiger partial charge is 0.348 e. The van der Waals surface area contributed by atoms with Gasteiger partial charge in [0.1, 0.15) is 18.4 Å². The first-order chi connectivity index (χ1) is 16.7. The molecule has 0 spiro atoms. The fraction of sp³-hybridized carbons (Fsp3) is 0.379. The maximum Gasteiger partial charge on any atom is 0.254 e. The topological polar surface area (TPSA) is 45.6 Å². The van der Waals surface area contributed by atoms with Gasteiger partial charge in [0.05, 0.1) is 0 Å². The van der Waals surface area contributed by atoms with Crippen LogP contribution in [-0.2, 0) is 16.8 Å². The summed E-state index contributed by atoms with van der Waals surface area (Å²) < 4.78 is 16.9. The number of aromatic nitrogens is 1. The lowest BCUT2D eigenvalue weighted by Gasteiger charge is -2.38. The van der Waals surface area contributed by atoms with Crippen molar-refractivity contribution in [2.75, 3.05) is 19.6 Å². The zero-order valence-electron chi connectivity index (χ0n) is 21.0. The SMILES string of the molecule is CCCN(CC(=O)N1CCn2cccc2[C@H]1c1ccccc1F)C(=O)c1ccc(C(C)(C)C)cc1. The molecule has 4 rings (SSSR count). The first-order valence-corrected chi connectivity index (χ1v) is 12.3. The third-order valence-corrected chi connectivity index (χ3v) is 6.66. The van der Waals surface area contributed by atoms with E-state index in [4.69, 9.17) is 0 Å². The van der Waals surface area contributed by atoms with Crippen LogP contribution in [0, 0.1) is 5.82 Å². The molecule has 0 saturated carbocycles. The van der Waals surface area contributed by atoms with Crippen LogP contribution in [0.1, 0.15) is 67.3 Å². The Morgan fingerprint density at radius 2 is 1.71 bits per heavy atom. The van der Waals surface area contributed by atoms with Gasteiger partial charge in [-0.05, 0) is 47.7 Å². The molecule has 6 heteroatoms. The van der Waals surface area contributed by atoms with Gasteiger partial charge < -0.3 is 14.4 Å². The monoisotopic (exact) mass is 475 g/mol. The third-order valence-electron chi connectivity index (χ3n) is 6.66. The summed E-state index contributed by atoms with van der Waals surface area (Å²) in [7, 11) is 0. The van der Waals surface area contributed by atoms with Gasteiger partial charge in [0.2, 0.25) is 5.91 Å². The van der Waals surface area contributed by atoms with Gasteiger partial charge in [-0.15, -0.1) is 0 Å². The Labute approximate surface area is 207 Å². The predicted molar refractivity (Wildman–Crippen MR) is 136 cm³/mol. The van der Waals surface area contributed by atoms with E-state index in [2.05, 4.69) is 25.3 Å². The summed E-state index contributed by atoms with van der Waals surface area (Å²) in [5.41, 5.74) is 3.05. The van der Waals surface area contributed by atoms with Crippen LogP contribution >= 0.6 is 0 Å². The maximum absolute atomic E-state index is 14.8. The van der Waals surface area contributed by atoms with E-state index in [1.807, 2.05) is 49.5 Å². The number of carbonyl (C=O) groups excluding carboxylic acids is 2. The van der Waals surface area contributed by atoms with Crippen molar-refractivity contribution in [1.29, 1.82) is 0 Å². The molecule has 0 N–H and O–H groups in total. The molecule has 2 amide bonds. The van der Waals surface area contributed by atoms with E-state index in [1.54, 1.807) is 28.0 Å². The van der Waals surface area contributed by atoms with Crippen molar-refractivity contribution in [3.63, 3.8) is 0 Å². The highest BCUT2D eigenvalue weighted by Gasteiger charge is 2.34. The Balaban J connectivity index is 1.59. The van der Waals surface area contributed by atoms with Crippen LogP contribution in [0.4, 0.5) is 4.39 Å². The van der Waals surface area contributed by atoms with Gasteiger partial charge >= 0.3 is 0 Å². The van der Waals surface area contributed by atoms with Crippen molar-refractivity contribution in [2.24, 2.45) is 0 Å². The van der Waals surface area contributed by atoms with E-state index in [9.17, 15) is 14.0 Å². The number of rotatable bonds is 6. The van der Waals surface area contributed by atoms with Crippen LogP contribution in [0.25, 0.3) is 0 Å². The Kier molecular flexibility index (Phi) is 7.10. The van der Waals surface area contributed by atoms with Crippen LogP contribution in [0.15, 0.2) is 66.9 Å². The summed E-state index contributed by atoms with van der Waals surface area (Å²) in [6, 6.07) is 17.6. The van der Waals surface area contributed by atoms with E-state index < -0.39 is 6.04 Å². The average molecular weight is 476 g/mol. The Morgan fingerprint density at radius 1 is 1.00 bits per heavy atom. The van der Waals surface area contributed by atoms with Crippen LogP contribution in [-0.4, -0.2) is 45.8 Å². The lowest BCUT2D eigenvalue weighted by Crippen LogP contribution is -2.48. The highest BCUT2D eigenvalue weighted by molar-refractivity contribution is 5.96. The van der Waals surface area contributed by atoms with Crippen molar-refractivity contribution in [2.45, 2.75) is 52.1 Å². The smallest absolute Gasteiger partial charge is 0.254 e. The molecule has 0 saturated heterocycles. The standard InChI is InChI=1S/C29H34FN3O2/c1-5-16-32(28(35)21-12-14-22(15-13-21)29(2,3)4)20-26(34)33-19-18-31-17-8-11-25(31)27(33)23-9-6-7-10-24(23)30/h6-15,17,27H,5,16,18-20H2,1-4H3/t27-/m1/s1. The lowest BCUT2D eigenvalue weighted by atomic mass is 9.86. The van der Waals surface area contributed by atoms with Gasteiger partial charge in [0.15, 0.2) is 0 Å². The molecule has 184 valence electrons. The van der Waals surface area contributed by atoms with Gasteiger partial charge in [0.25, 0.3) is 5.91 Å². The van der Waals surface area contributed by atoms with Crippen LogP contribution < -0.4 is 0 Å². The highest BCUT2D eigenvalue weighted by Crippen LogP contribution is 2.34. The normalized spacial score (nSPS) is 15.6. The summed E-state index contributed by atoms with van der Waals surface area (Å²) >= 11 is 0. The summed E-state index contributed by atoms with van der Waals surface area (Å²) in [4.78, 5) is 30.3. The van der Waals surface area contributed by atoms with Gasteiger partial charge in [-0.1, -0.05) is 58.0 Å². The second kappa shape index (κ2) is 10.1. The van der Waals surface area contributed by atoms with Gasteiger partial charge in [-0.2, -0.15) is 0 Å². The van der Waals surface area contributed by atoms with Crippen LogP contribution in [0.2, 0.25) is 0 Å². The molecule has 0 unspecified atom stereocenters. The number of hydrogen-bond acceptors (Lipinski definition) is 2. The van der Waals surface area contributed by atoms with E-state index >= 15 is 0 Å². The van der Waals surface area contributed by atoms with Crippen LogP contribution in [0.3, 0.4) is 0 Å². The van der Waals surface area contributed by atoms with Gasteiger partial charge in [0, 0.05) is 42.7 Å². The number of carbonyl (C=O) groups is 2. The molecule has 0 fully saturated rings. The predicted octanol–water partition coefficient (Wildman–Crippen LogP) is 5.41. The van der Waals surface area contributed by atoms with E-state index in [-0.39, 0.29) is 29.6 Å². The number of halogens is 1. The number of hydrogen-bond donors (Lipinski definition) is 0. The fourth-order valence-electron chi connectivity index (χ4n) is 4.75. The Hall–Kier alpha value is -3.41. The van der Waals surface area contributed by atoms with E-state index in [0.29, 0.717) is 30.8 Å². The summed E-state index contributed by atoms with van der Waals surface area (Å²) in [5.74, 6) is -0.687.